The summed E-state index contributed by atoms with van der Waals surface area (Å²) in [4.78, 5) is 8.41. The largest absolute Gasteiger partial charge is 0.544 e. The fourth-order valence-electron chi connectivity index (χ4n) is 2.16. The van der Waals surface area contributed by atoms with Crippen molar-refractivity contribution in [3.63, 3.8) is 0 Å². The summed E-state index contributed by atoms with van der Waals surface area (Å²) in [5.41, 5.74) is 1.15. The molecule has 0 aliphatic heterocycles. The molecule has 0 unspecified atom stereocenters. The van der Waals surface area contributed by atoms with Crippen LogP contribution in [0.25, 0.3) is 0 Å². The highest BCUT2D eigenvalue weighted by molar-refractivity contribution is 6.88. The lowest BCUT2D eigenvalue weighted by Gasteiger charge is -2.25. The minimum atomic E-state index is -1.66. The number of hydrogen-bond acceptors (Lipinski definition) is 4. The van der Waals surface area contributed by atoms with E-state index in [9.17, 15) is 0 Å². The van der Waals surface area contributed by atoms with Crippen LogP contribution in [0.4, 0.5) is 5.95 Å². The van der Waals surface area contributed by atoms with Gasteiger partial charge in [-0.25, -0.2) is 9.97 Å². The minimum absolute atomic E-state index is 0.640. The second-order valence-electron chi connectivity index (χ2n) is 7.71. The van der Waals surface area contributed by atoms with E-state index in [0.717, 1.165) is 11.3 Å². The van der Waals surface area contributed by atoms with E-state index in [-0.39, 0.29) is 0 Å². The summed E-state index contributed by atoms with van der Waals surface area (Å²) >= 11 is 0. The first-order chi connectivity index (χ1) is 10.6. The van der Waals surface area contributed by atoms with Crippen molar-refractivity contribution in [2.75, 3.05) is 5.32 Å². The summed E-state index contributed by atoms with van der Waals surface area (Å²) in [5.74, 6) is 1.65. The fourth-order valence-corrected chi connectivity index (χ4v) is 4.15. The molecule has 6 heteroatoms. The Morgan fingerprint density at radius 3 is 2.22 bits per heavy atom. The number of aromatic nitrogens is 2. The summed E-state index contributed by atoms with van der Waals surface area (Å²) in [6, 6.07) is 8.48. The molecule has 0 saturated carbocycles. The molecule has 0 saturated heterocycles. The molecule has 0 amide bonds. The number of nitrogens with one attached hydrogen (secondary N) is 1. The van der Waals surface area contributed by atoms with Crippen molar-refractivity contribution < 1.29 is 4.43 Å². The molecule has 0 fully saturated rings. The molecule has 0 aliphatic rings. The molecule has 23 heavy (non-hydrogen) atoms. The molecule has 0 radical (unpaired) electrons. The average molecular weight is 346 g/mol. The lowest BCUT2D eigenvalue weighted by atomic mass is 10.2. The van der Waals surface area contributed by atoms with E-state index >= 15 is 0 Å². The van der Waals surface area contributed by atoms with Gasteiger partial charge in [0, 0.05) is 24.5 Å². The quantitative estimate of drug-likeness (QED) is 0.808. The van der Waals surface area contributed by atoms with Crippen LogP contribution in [0.5, 0.6) is 5.75 Å². The maximum absolute atomic E-state index is 6.34. The molecule has 1 aromatic carbocycles. The predicted molar refractivity (Wildman–Crippen MR) is 103 cm³/mol. The second-order valence-corrected chi connectivity index (χ2v) is 17.2. The maximum atomic E-state index is 6.34. The third kappa shape index (κ3) is 5.47. The van der Waals surface area contributed by atoms with E-state index in [0.29, 0.717) is 12.5 Å². The van der Waals surface area contributed by atoms with E-state index in [1.165, 1.54) is 5.19 Å². The van der Waals surface area contributed by atoms with E-state index in [2.05, 4.69) is 72.8 Å². The monoisotopic (exact) mass is 345 g/mol. The molecule has 0 atom stereocenters. The van der Waals surface area contributed by atoms with Crippen LogP contribution < -0.4 is 14.9 Å². The smallest absolute Gasteiger partial charge is 0.242 e. The highest BCUT2D eigenvalue weighted by Crippen LogP contribution is 2.23. The minimum Gasteiger partial charge on any atom is -0.544 e. The van der Waals surface area contributed by atoms with E-state index in [1.54, 1.807) is 12.4 Å². The third-order valence-electron chi connectivity index (χ3n) is 3.35. The van der Waals surface area contributed by atoms with Gasteiger partial charge in [-0.2, -0.15) is 0 Å². The first-order valence-electron chi connectivity index (χ1n) is 7.98. The van der Waals surface area contributed by atoms with Gasteiger partial charge in [-0.15, -0.1) is 0 Å². The van der Waals surface area contributed by atoms with Crippen molar-refractivity contribution in [2.24, 2.45) is 0 Å². The van der Waals surface area contributed by atoms with Gasteiger partial charge < -0.3 is 9.74 Å². The Hall–Kier alpha value is -1.67. The van der Waals surface area contributed by atoms with Crippen LogP contribution in [0.1, 0.15) is 5.56 Å². The molecule has 4 nitrogen and oxygen atoms in total. The Morgan fingerprint density at radius 1 is 1.00 bits per heavy atom. The summed E-state index contributed by atoms with van der Waals surface area (Å²) < 4.78 is 6.34. The molecular weight excluding hydrogens is 318 g/mol. The zero-order valence-corrected chi connectivity index (χ0v) is 17.0. The Bertz CT molecular complexity index is 649. The lowest BCUT2D eigenvalue weighted by molar-refractivity contribution is 0.551. The van der Waals surface area contributed by atoms with Crippen molar-refractivity contribution in [1.82, 2.24) is 9.97 Å². The van der Waals surface area contributed by atoms with Crippen LogP contribution in [-0.4, -0.2) is 26.4 Å². The third-order valence-corrected chi connectivity index (χ3v) is 6.23. The van der Waals surface area contributed by atoms with Crippen molar-refractivity contribution in [3.05, 3.63) is 42.2 Å². The number of anilines is 1. The number of hydrogen-bond donors (Lipinski definition) is 1. The molecule has 1 aromatic heterocycles. The highest BCUT2D eigenvalue weighted by Gasteiger charge is 2.22. The summed E-state index contributed by atoms with van der Waals surface area (Å²) in [6.45, 7) is 14.4. The van der Waals surface area contributed by atoms with Crippen molar-refractivity contribution in [3.8, 4) is 5.75 Å². The number of nitrogens with zero attached hydrogens (tertiary/aromatic N) is 2. The Labute approximate surface area is 141 Å². The molecule has 1 heterocycles. The van der Waals surface area contributed by atoms with Crippen molar-refractivity contribution >= 4 is 27.5 Å². The first kappa shape index (κ1) is 17.7. The van der Waals surface area contributed by atoms with Gasteiger partial charge in [0.05, 0.1) is 8.07 Å². The topological polar surface area (TPSA) is 47.0 Å². The van der Waals surface area contributed by atoms with Crippen LogP contribution in [0.15, 0.2) is 36.7 Å². The normalized spacial score (nSPS) is 12.1. The van der Waals surface area contributed by atoms with Crippen LogP contribution in [0.2, 0.25) is 39.3 Å². The van der Waals surface area contributed by atoms with Gasteiger partial charge in [-0.05, 0) is 31.8 Å². The van der Waals surface area contributed by atoms with E-state index in [4.69, 9.17) is 4.43 Å². The number of rotatable bonds is 6. The van der Waals surface area contributed by atoms with Gasteiger partial charge in [-0.3, -0.25) is 0 Å². The predicted octanol–water partition coefficient (Wildman–Crippen LogP) is 3.85. The van der Waals surface area contributed by atoms with Crippen LogP contribution in [0, 0.1) is 0 Å². The summed E-state index contributed by atoms with van der Waals surface area (Å²) in [7, 11) is -3.02. The molecule has 2 rings (SSSR count). The standard InChI is InChI=1S/C17H27N3OSi2/c1-22(2,3)15-9-8-14(16(12-15)21-23(4,5)6)13-20-17-18-10-7-11-19-17/h7-12H,13H2,1-6H3,(H,18,19,20). The molecule has 0 aliphatic carbocycles. The van der Waals surface area contributed by atoms with Crippen molar-refractivity contribution in [1.29, 1.82) is 0 Å². The van der Waals surface area contributed by atoms with E-state index < -0.39 is 16.4 Å². The SMILES string of the molecule is C[Si](C)(C)Oc1cc([Si](C)(C)C)ccc1CNc1ncccn1. The summed E-state index contributed by atoms with van der Waals surface area (Å²) in [5, 5.41) is 4.69. The van der Waals surface area contributed by atoms with Gasteiger partial charge >= 0.3 is 0 Å². The Balaban J connectivity index is 2.26. The van der Waals surface area contributed by atoms with Crippen LogP contribution >= 0.6 is 0 Å². The molecular formula is C17H27N3OSi2. The Morgan fingerprint density at radius 2 is 1.65 bits per heavy atom. The highest BCUT2D eigenvalue weighted by atomic mass is 28.4. The van der Waals surface area contributed by atoms with Crippen LogP contribution in [0.3, 0.4) is 0 Å². The van der Waals surface area contributed by atoms with Gasteiger partial charge in [-0.1, -0.05) is 37.0 Å². The van der Waals surface area contributed by atoms with E-state index in [1.807, 2.05) is 6.07 Å². The average Bonchev–Trinajstić information content (AvgIpc) is 2.44. The van der Waals surface area contributed by atoms with Gasteiger partial charge in [0.15, 0.2) is 0 Å². The lowest BCUT2D eigenvalue weighted by Crippen LogP contribution is -2.38. The second kappa shape index (κ2) is 6.84. The van der Waals surface area contributed by atoms with Gasteiger partial charge in [0.1, 0.15) is 5.75 Å². The Kier molecular flexibility index (Phi) is 5.26. The van der Waals surface area contributed by atoms with Crippen molar-refractivity contribution in [2.45, 2.75) is 45.8 Å². The molecule has 0 bridgehead atoms. The van der Waals surface area contributed by atoms with Crippen LogP contribution in [-0.2, 0) is 6.54 Å². The van der Waals surface area contributed by atoms with Gasteiger partial charge in [0.2, 0.25) is 14.3 Å². The maximum Gasteiger partial charge on any atom is 0.242 e. The molecule has 2 aromatic rings. The summed E-state index contributed by atoms with van der Waals surface area (Å²) in [6.07, 6.45) is 3.48. The zero-order valence-electron chi connectivity index (χ0n) is 15.0. The van der Waals surface area contributed by atoms with Gasteiger partial charge in [0.25, 0.3) is 0 Å². The number of benzene rings is 1. The first-order valence-corrected chi connectivity index (χ1v) is 14.9. The molecule has 0 spiro atoms. The molecule has 1 N–H and O–H groups in total. The molecule has 124 valence electrons. The zero-order chi connectivity index (χ0) is 17.1. The fraction of sp³-hybridized carbons (Fsp3) is 0.412.